The van der Waals surface area contributed by atoms with Crippen LogP contribution in [0.5, 0.6) is 5.75 Å². The van der Waals surface area contributed by atoms with Crippen molar-refractivity contribution in [3.05, 3.63) is 41.3 Å². The maximum absolute atomic E-state index is 13.7. The van der Waals surface area contributed by atoms with Gasteiger partial charge in [-0.2, -0.15) is 4.98 Å². The van der Waals surface area contributed by atoms with Gasteiger partial charge in [0, 0.05) is 0 Å². The highest BCUT2D eigenvalue weighted by Gasteiger charge is 2.35. The summed E-state index contributed by atoms with van der Waals surface area (Å²) in [5, 5.41) is 3.99. The van der Waals surface area contributed by atoms with Crippen LogP contribution in [0.25, 0.3) is 0 Å². The second-order valence-corrected chi connectivity index (χ2v) is 5.52. The number of benzene rings is 1. The third kappa shape index (κ3) is 2.76. The number of rotatable bonds is 4. The molecule has 1 aliphatic rings. The Hall–Kier alpha value is -1.95. The van der Waals surface area contributed by atoms with Crippen molar-refractivity contribution in [3.8, 4) is 5.75 Å². The molecule has 3 rings (SSSR count). The predicted octanol–water partition coefficient (Wildman–Crippen LogP) is 2.54. The summed E-state index contributed by atoms with van der Waals surface area (Å²) in [6.07, 6.45) is 4.31. The molecule has 0 saturated heterocycles. The number of aromatic nitrogens is 2. The fourth-order valence-electron chi connectivity index (χ4n) is 2.75. The van der Waals surface area contributed by atoms with Crippen molar-refractivity contribution in [2.45, 2.75) is 37.6 Å². The lowest BCUT2D eigenvalue weighted by atomic mass is 9.99. The van der Waals surface area contributed by atoms with Gasteiger partial charge in [-0.05, 0) is 30.5 Å². The van der Waals surface area contributed by atoms with Crippen LogP contribution in [-0.2, 0) is 12.0 Å². The maximum Gasteiger partial charge on any atom is 0.231 e. The molecule has 1 aromatic carbocycles. The summed E-state index contributed by atoms with van der Waals surface area (Å²) in [6, 6.07) is 4.78. The Balaban J connectivity index is 1.77. The summed E-state index contributed by atoms with van der Waals surface area (Å²) in [5.41, 5.74) is 6.57. The van der Waals surface area contributed by atoms with Crippen molar-refractivity contribution < 1.29 is 13.7 Å². The van der Waals surface area contributed by atoms with Gasteiger partial charge in [-0.1, -0.05) is 24.1 Å². The molecule has 0 bridgehead atoms. The molecule has 112 valence electrons. The monoisotopic (exact) mass is 291 g/mol. The summed E-state index contributed by atoms with van der Waals surface area (Å²) in [6.45, 7) is 0. The average Bonchev–Trinajstić information content (AvgIpc) is 3.09. The molecule has 0 atom stereocenters. The molecule has 1 aromatic heterocycles. The van der Waals surface area contributed by atoms with Crippen LogP contribution in [0.2, 0.25) is 0 Å². The molecule has 1 heterocycles. The van der Waals surface area contributed by atoms with E-state index < -0.39 is 11.4 Å². The zero-order valence-corrected chi connectivity index (χ0v) is 11.9. The largest absolute Gasteiger partial charge is 0.494 e. The second kappa shape index (κ2) is 5.44. The topological polar surface area (TPSA) is 74.2 Å². The van der Waals surface area contributed by atoms with Crippen LogP contribution in [0.4, 0.5) is 4.39 Å². The van der Waals surface area contributed by atoms with Crippen LogP contribution >= 0.6 is 0 Å². The third-order valence-corrected chi connectivity index (χ3v) is 3.98. The van der Waals surface area contributed by atoms with Gasteiger partial charge in [0.05, 0.1) is 19.1 Å². The van der Waals surface area contributed by atoms with Crippen molar-refractivity contribution in [3.63, 3.8) is 0 Å². The molecule has 2 N–H and O–H groups in total. The van der Waals surface area contributed by atoms with Crippen LogP contribution in [0.15, 0.2) is 22.7 Å². The van der Waals surface area contributed by atoms with E-state index in [-0.39, 0.29) is 5.75 Å². The third-order valence-electron chi connectivity index (χ3n) is 3.98. The summed E-state index contributed by atoms with van der Waals surface area (Å²) >= 11 is 0. The van der Waals surface area contributed by atoms with E-state index in [4.69, 9.17) is 15.0 Å². The average molecular weight is 291 g/mol. The Morgan fingerprint density at radius 1 is 1.38 bits per heavy atom. The minimum atomic E-state index is -0.465. The fraction of sp³-hybridized carbons (Fsp3) is 0.467. The lowest BCUT2D eigenvalue weighted by Gasteiger charge is -2.17. The van der Waals surface area contributed by atoms with Gasteiger partial charge in [-0.25, -0.2) is 4.39 Å². The minimum Gasteiger partial charge on any atom is -0.494 e. The number of hydrogen-bond acceptors (Lipinski definition) is 5. The zero-order valence-electron chi connectivity index (χ0n) is 11.9. The number of ether oxygens (including phenoxy) is 1. The molecule has 6 heteroatoms. The molecule has 0 unspecified atom stereocenters. The normalized spacial score (nSPS) is 17.1. The minimum absolute atomic E-state index is 0.219. The van der Waals surface area contributed by atoms with E-state index in [1.165, 1.54) is 13.2 Å². The molecule has 0 spiro atoms. The molecule has 5 nitrogen and oxygen atoms in total. The number of nitrogens with zero attached hydrogens (tertiary/aromatic N) is 2. The number of hydrogen-bond donors (Lipinski definition) is 1. The van der Waals surface area contributed by atoms with Gasteiger partial charge >= 0.3 is 0 Å². The van der Waals surface area contributed by atoms with Gasteiger partial charge in [-0.3, -0.25) is 0 Å². The van der Waals surface area contributed by atoms with E-state index in [9.17, 15) is 4.39 Å². The molecule has 0 radical (unpaired) electrons. The Morgan fingerprint density at radius 2 is 2.14 bits per heavy atom. The molecule has 0 aliphatic heterocycles. The van der Waals surface area contributed by atoms with E-state index in [0.29, 0.717) is 18.1 Å². The van der Waals surface area contributed by atoms with Crippen LogP contribution in [0.1, 0.15) is 43.0 Å². The van der Waals surface area contributed by atoms with Crippen molar-refractivity contribution >= 4 is 0 Å². The quantitative estimate of drug-likeness (QED) is 0.937. The van der Waals surface area contributed by atoms with Crippen molar-refractivity contribution in [2.75, 3.05) is 7.11 Å². The van der Waals surface area contributed by atoms with Gasteiger partial charge in [-0.15, -0.1) is 0 Å². The second-order valence-electron chi connectivity index (χ2n) is 5.52. The number of nitrogens with two attached hydrogens (primary N) is 1. The highest BCUT2D eigenvalue weighted by Crippen LogP contribution is 2.34. The van der Waals surface area contributed by atoms with Crippen LogP contribution in [0, 0.1) is 5.82 Å². The fourth-order valence-corrected chi connectivity index (χ4v) is 2.75. The van der Waals surface area contributed by atoms with Crippen molar-refractivity contribution in [1.82, 2.24) is 10.1 Å². The molecule has 21 heavy (non-hydrogen) atoms. The summed E-state index contributed by atoms with van der Waals surface area (Å²) < 4.78 is 23.8. The first-order valence-electron chi connectivity index (χ1n) is 7.05. The van der Waals surface area contributed by atoms with Crippen molar-refractivity contribution in [2.24, 2.45) is 5.73 Å². The maximum atomic E-state index is 13.7. The van der Waals surface area contributed by atoms with E-state index in [0.717, 1.165) is 31.2 Å². The van der Waals surface area contributed by atoms with E-state index >= 15 is 0 Å². The molecule has 1 aliphatic carbocycles. The Bertz CT molecular complexity index is 636. The number of methoxy groups -OCH3 is 1. The van der Waals surface area contributed by atoms with Gasteiger partial charge in [0.1, 0.15) is 0 Å². The molecule has 1 fully saturated rings. The summed E-state index contributed by atoms with van der Waals surface area (Å²) in [7, 11) is 1.44. The van der Waals surface area contributed by atoms with Gasteiger partial charge < -0.3 is 15.0 Å². The van der Waals surface area contributed by atoms with Gasteiger partial charge in [0.15, 0.2) is 17.4 Å². The van der Waals surface area contributed by atoms with E-state index in [1.54, 1.807) is 12.1 Å². The number of halogens is 1. The molecule has 0 amide bonds. The summed E-state index contributed by atoms with van der Waals surface area (Å²) in [5.74, 6) is 0.827. The van der Waals surface area contributed by atoms with Crippen molar-refractivity contribution in [1.29, 1.82) is 0 Å². The van der Waals surface area contributed by atoms with Crippen LogP contribution in [-0.4, -0.2) is 17.3 Å². The van der Waals surface area contributed by atoms with E-state index in [1.807, 2.05) is 0 Å². The Kier molecular flexibility index (Phi) is 3.63. The Labute approximate surface area is 122 Å². The lowest BCUT2D eigenvalue weighted by Crippen LogP contribution is -2.34. The highest BCUT2D eigenvalue weighted by atomic mass is 19.1. The standard InChI is InChI=1S/C15H18FN3O2/c1-20-12-5-4-10(8-11(12)16)9-13-18-14(19-21-13)15(17)6-2-3-7-15/h4-5,8H,2-3,6-7,9,17H2,1H3. The highest BCUT2D eigenvalue weighted by molar-refractivity contribution is 5.30. The predicted molar refractivity (Wildman–Crippen MR) is 74.4 cm³/mol. The first kappa shape index (κ1) is 14.0. The first-order chi connectivity index (χ1) is 10.1. The van der Waals surface area contributed by atoms with Crippen LogP contribution in [0.3, 0.4) is 0 Å². The summed E-state index contributed by atoms with van der Waals surface area (Å²) in [4.78, 5) is 4.38. The first-order valence-corrected chi connectivity index (χ1v) is 7.05. The van der Waals surface area contributed by atoms with Crippen LogP contribution < -0.4 is 10.5 Å². The molecular weight excluding hydrogens is 273 g/mol. The van der Waals surface area contributed by atoms with Gasteiger partial charge in [0.25, 0.3) is 0 Å². The van der Waals surface area contributed by atoms with E-state index in [2.05, 4.69) is 10.1 Å². The molecule has 1 saturated carbocycles. The molecular formula is C15H18FN3O2. The lowest BCUT2D eigenvalue weighted by molar-refractivity contribution is 0.352. The van der Waals surface area contributed by atoms with Gasteiger partial charge in [0.2, 0.25) is 5.89 Å². The zero-order chi connectivity index (χ0) is 14.9. The Morgan fingerprint density at radius 3 is 2.81 bits per heavy atom. The smallest absolute Gasteiger partial charge is 0.231 e. The molecule has 2 aromatic rings. The SMILES string of the molecule is COc1ccc(Cc2nc(C3(N)CCCC3)no2)cc1F.